The normalized spacial score (nSPS) is 13.2. The Hall–Kier alpha value is -8.06. The van der Waals surface area contributed by atoms with Gasteiger partial charge in [-0.25, -0.2) is 0 Å². The third kappa shape index (κ3) is 9.41. The van der Waals surface area contributed by atoms with Gasteiger partial charge in [-0.1, -0.05) is 241 Å². The van der Waals surface area contributed by atoms with Crippen LogP contribution in [-0.4, -0.2) is 24.8 Å². The van der Waals surface area contributed by atoms with Crippen LogP contribution in [0, 0.1) is 0 Å². The van der Waals surface area contributed by atoms with E-state index in [1.165, 1.54) is 48.9 Å². The van der Waals surface area contributed by atoms with Crippen LogP contribution in [0.4, 0.5) is 0 Å². The van der Waals surface area contributed by atoms with Gasteiger partial charge in [0, 0.05) is 34.3 Å². The van der Waals surface area contributed by atoms with Crippen LogP contribution >= 0.6 is 0 Å². The molecule has 8 aromatic carbocycles. The van der Waals surface area contributed by atoms with Crippen molar-refractivity contribution in [2.24, 2.45) is 0 Å². The van der Waals surface area contributed by atoms with Crippen LogP contribution in [-0.2, 0) is 21.7 Å². The Labute approximate surface area is 476 Å². The molecule has 2 aliphatic rings. The van der Waals surface area contributed by atoms with E-state index in [1.807, 2.05) is 24.5 Å². The van der Waals surface area contributed by atoms with Gasteiger partial charge in [-0.2, -0.15) is 0 Å². The molecule has 0 unspecified atom stereocenters. The molecule has 0 bridgehead atoms. The largest absolute Gasteiger partial charge is 0.458 e. The molecule has 0 saturated heterocycles. The number of rotatable bonds is 8. The van der Waals surface area contributed by atoms with Gasteiger partial charge in [0.2, 0.25) is 8.07 Å². The van der Waals surface area contributed by atoms with E-state index >= 15 is 0 Å². The van der Waals surface area contributed by atoms with Crippen molar-refractivity contribution in [3.05, 3.63) is 235 Å². The van der Waals surface area contributed by atoms with E-state index in [9.17, 15) is 0 Å². The van der Waals surface area contributed by atoms with Gasteiger partial charge in [-0.3, -0.25) is 9.97 Å². The number of aromatic nitrogens is 2. The summed E-state index contributed by atoms with van der Waals surface area (Å²) in [6.45, 7) is 27.4. The highest BCUT2D eigenvalue weighted by atomic mass is 28.3. The Morgan fingerprint density at radius 1 is 0.350 bits per heavy atom. The fraction of sp³-hybridized carbons (Fsp3) is 0.216. The van der Waals surface area contributed by atoms with Crippen molar-refractivity contribution in [2.75, 3.05) is 0 Å². The van der Waals surface area contributed by atoms with Crippen LogP contribution in [0.25, 0.3) is 44.6 Å². The monoisotopic (exact) mass is 1060 g/mol. The molecular formula is C74H71BN2O2Si. The minimum absolute atomic E-state index is 0.0351. The zero-order valence-corrected chi connectivity index (χ0v) is 49.5. The molecule has 396 valence electrons. The zero-order chi connectivity index (χ0) is 55.9. The Bertz CT molecular complexity index is 3790. The molecule has 2 aromatic heterocycles. The second kappa shape index (κ2) is 19.6. The molecule has 0 fully saturated rings. The number of hydrogen-bond acceptors (Lipinski definition) is 4. The van der Waals surface area contributed by atoms with Crippen molar-refractivity contribution >= 4 is 52.1 Å². The van der Waals surface area contributed by atoms with Crippen molar-refractivity contribution in [3.63, 3.8) is 0 Å². The highest BCUT2D eigenvalue weighted by Gasteiger charge is 2.45. The number of pyridine rings is 2. The van der Waals surface area contributed by atoms with E-state index < -0.39 is 8.07 Å². The van der Waals surface area contributed by atoms with Crippen LogP contribution in [0.5, 0.6) is 23.0 Å². The minimum Gasteiger partial charge on any atom is -0.458 e. The summed E-state index contributed by atoms with van der Waals surface area (Å²) in [5.74, 6) is 3.24. The van der Waals surface area contributed by atoms with Gasteiger partial charge < -0.3 is 9.47 Å². The lowest BCUT2D eigenvalue weighted by Crippen LogP contribution is -2.75. The first-order valence-electron chi connectivity index (χ1n) is 28.4. The first-order valence-corrected chi connectivity index (χ1v) is 30.4. The van der Waals surface area contributed by atoms with Gasteiger partial charge in [0.1, 0.15) is 23.0 Å². The Morgan fingerprint density at radius 3 is 1.19 bits per heavy atom. The highest BCUT2D eigenvalue weighted by Crippen LogP contribution is 2.47. The van der Waals surface area contributed by atoms with Gasteiger partial charge in [-0.15, -0.1) is 0 Å². The molecule has 0 N–H and O–H groups in total. The van der Waals surface area contributed by atoms with Gasteiger partial charge in [0.05, 0.1) is 5.69 Å². The predicted molar refractivity (Wildman–Crippen MR) is 340 cm³/mol. The molecule has 10 aromatic rings. The summed E-state index contributed by atoms with van der Waals surface area (Å²) in [6.07, 6.45) is 3.81. The number of ether oxygens (including phenoxy) is 2. The number of benzene rings is 8. The summed E-state index contributed by atoms with van der Waals surface area (Å²) in [6, 6.07) is 74.0. The average Bonchev–Trinajstić information content (AvgIpc) is 3.63. The van der Waals surface area contributed by atoms with E-state index in [2.05, 4.69) is 271 Å². The second-order valence-corrected chi connectivity index (χ2v) is 30.0. The van der Waals surface area contributed by atoms with Crippen molar-refractivity contribution in [2.45, 2.75) is 105 Å². The molecule has 4 heterocycles. The average molecular weight is 1060 g/mol. The van der Waals surface area contributed by atoms with Crippen LogP contribution in [0.3, 0.4) is 0 Å². The minimum atomic E-state index is -2.92. The third-order valence-electron chi connectivity index (χ3n) is 16.7. The molecule has 0 aliphatic carbocycles. The molecule has 0 spiro atoms. The summed E-state index contributed by atoms with van der Waals surface area (Å²) in [4.78, 5) is 10.2. The van der Waals surface area contributed by atoms with Gasteiger partial charge in [0.25, 0.3) is 6.71 Å². The molecule has 0 radical (unpaired) electrons. The van der Waals surface area contributed by atoms with Gasteiger partial charge >= 0.3 is 0 Å². The lowest BCUT2D eigenvalue weighted by Gasteiger charge is -2.36. The molecule has 0 atom stereocenters. The predicted octanol–water partition coefficient (Wildman–Crippen LogP) is 14.4. The SMILES string of the molecule is CC(C)(C)c1cc(-c2ccc3c(c2)Oc2c(-c4ccc([Si](c5ccccc5)(c5ccccc5)c5ccccn5)cc4)cc(-c4ccccn4)c4c2B3c2ccc(-c3cc(C(C)(C)C)cc(C(C)(C)C)c3)cc2O4)cc(C(C)(C)C)c1. The van der Waals surface area contributed by atoms with Crippen LogP contribution in [0.2, 0.25) is 0 Å². The fourth-order valence-electron chi connectivity index (χ4n) is 12.0. The van der Waals surface area contributed by atoms with E-state index in [0.29, 0.717) is 0 Å². The third-order valence-corrected chi connectivity index (χ3v) is 21.3. The summed E-state index contributed by atoms with van der Waals surface area (Å²) in [5.41, 5.74) is 16.7. The topological polar surface area (TPSA) is 44.2 Å². The molecule has 0 saturated carbocycles. The number of fused-ring (bicyclic) bond motifs is 4. The lowest BCUT2D eigenvalue weighted by atomic mass is 9.34. The highest BCUT2D eigenvalue weighted by molar-refractivity contribution is 7.19. The first-order chi connectivity index (χ1) is 38.2. The number of hydrogen-bond donors (Lipinski definition) is 0. The summed E-state index contributed by atoms with van der Waals surface area (Å²) in [5, 5.41) is 4.88. The zero-order valence-electron chi connectivity index (χ0n) is 48.5. The molecule has 12 rings (SSSR count). The maximum absolute atomic E-state index is 7.56. The van der Waals surface area contributed by atoms with Crippen LogP contribution < -0.4 is 46.7 Å². The smallest absolute Gasteiger partial charge is 0.260 e. The van der Waals surface area contributed by atoms with E-state index in [4.69, 9.17) is 19.4 Å². The molecule has 0 amide bonds. The van der Waals surface area contributed by atoms with Gasteiger partial charge in [-0.05, 0) is 141 Å². The van der Waals surface area contributed by atoms with Crippen molar-refractivity contribution in [3.8, 4) is 67.6 Å². The molecule has 2 aliphatic heterocycles. The van der Waals surface area contributed by atoms with E-state index in [0.717, 1.165) is 78.2 Å². The molecule has 4 nitrogen and oxygen atoms in total. The summed E-state index contributed by atoms with van der Waals surface area (Å²) < 4.78 is 15.0. The van der Waals surface area contributed by atoms with Crippen molar-refractivity contribution in [1.82, 2.24) is 9.97 Å². The Morgan fingerprint density at radius 2 is 0.762 bits per heavy atom. The quantitative estimate of drug-likeness (QED) is 0.112. The maximum Gasteiger partial charge on any atom is 0.260 e. The fourth-order valence-corrected chi connectivity index (χ4v) is 16.5. The molecular weight excluding hydrogens is 988 g/mol. The maximum atomic E-state index is 7.56. The lowest BCUT2D eigenvalue weighted by molar-refractivity contribution is 0.467. The Balaban J connectivity index is 1.10. The van der Waals surface area contributed by atoms with Crippen molar-refractivity contribution in [1.29, 1.82) is 0 Å². The first kappa shape index (κ1) is 52.6. The molecule has 6 heteroatoms. The molecule has 80 heavy (non-hydrogen) atoms. The van der Waals surface area contributed by atoms with Crippen LogP contribution in [0.1, 0.15) is 105 Å². The van der Waals surface area contributed by atoms with Crippen LogP contribution in [0.15, 0.2) is 213 Å². The standard InChI is InChI=1S/C74H71BN2O2Si/c1-71(2,3)53-39-51(40-54(45-53)72(4,5)6)49-31-35-62-65(43-49)78-69-60(48-29-33-59(34-30-48)80(57-23-15-13-16-24-57,58-25-17-14-18-26-58)67-28-20-22-38-77-67)47-61(64-27-19-21-37-76-64)70-68(69)75(62)63-36-32-50(44-66(63)79-70)52-41-55(73(7,8)9)46-56(42-52)74(10,11)12/h13-47H,1-12H3. The second-order valence-electron chi connectivity index (χ2n) is 26.3. The van der Waals surface area contributed by atoms with E-state index in [1.54, 1.807) is 0 Å². The summed E-state index contributed by atoms with van der Waals surface area (Å²) in [7, 11) is -2.92. The van der Waals surface area contributed by atoms with Crippen molar-refractivity contribution < 1.29 is 9.47 Å². The number of nitrogens with zero attached hydrogens (tertiary/aromatic N) is 2. The summed E-state index contributed by atoms with van der Waals surface area (Å²) >= 11 is 0. The van der Waals surface area contributed by atoms with E-state index in [-0.39, 0.29) is 28.4 Å². The Kier molecular flexibility index (Phi) is 12.9. The van der Waals surface area contributed by atoms with Gasteiger partial charge in [0.15, 0.2) is 0 Å².